The Morgan fingerprint density at radius 1 is 1.10 bits per heavy atom. The summed E-state index contributed by atoms with van der Waals surface area (Å²) in [5.41, 5.74) is 0.895. The van der Waals surface area contributed by atoms with Crippen LogP contribution in [0.1, 0.15) is 43.7 Å². The zero-order valence-corrected chi connectivity index (χ0v) is 12.8. The average Bonchev–Trinajstić information content (AvgIpc) is 2.63. The summed E-state index contributed by atoms with van der Waals surface area (Å²) in [5.74, 6) is -0.796. The minimum atomic E-state index is -0.796. The predicted octanol–water partition coefficient (Wildman–Crippen LogP) is 4.39. The quantitative estimate of drug-likeness (QED) is 0.896. The van der Waals surface area contributed by atoms with Crippen molar-refractivity contribution in [3.8, 4) is 0 Å². The Balaban J connectivity index is 2.27. The number of hydrogen-bond acceptors (Lipinski definition) is 2. The van der Waals surface area contributed by atoms with E-state index in [1.807, 2.05) is 12.1 Å². The molecule has 1 atom stereocenters. The highest BCUT2D eigenvalue weighted by Gasteiger charge is 2.24. The highest BCUT2D eigenvalue weighted by Crippen LogP contribution is 2.31. The molecule has 110 valence electrons. The number of carboxylic acid groups (broad SMARTS) is 1. The topological polar surface area (TPSA) is 40.5 Å². The normalized spacial score (nSPS) is 18.5. The Labute approximate surface area is 129 Å². The molecule has 1 saturated heterocycles. The number of benzene rings is 1. The van der Waals surface area contributed by atoms with E-state index in [4.69, 9.17) is 23.2 Å². The number of rotatable bonds is 4. The number of halogens is 2. The van der Waals surface area contributed by atoms with Gasteiger partial charge in [-0.15, -0.1) is 0 Å². The van der Waals surface area contributed by atoms with Crippen molar-refractivity contribution in [3.05, 3.63) is 33.8 Å². The first kappa shape index (κ1) is 15.6. The second-order valence-corrected chi connectivity index (χ2v) is 6.14. The molecule has 3 nitrogen and oxygen atoms in total. The zero-order valence-electron chi connectivity index (χ0n) is 11.3. The van der Waals surface area contributed by atoms with Gasteiger partial charge in [0.25, 0.3) is 0 Å². The maximum absolute atomic E-state index is 11.2. The second kappa shape index (κ2) is 7.30. The third kappa shape index (κ3) is 4.37. The van der Waals surface area contributed by atoms with Crippen molar-refractivity contribution in [3.63, 3.8) is 0 Å². The van der Waals surface area contributed by atoms with E-state index in [2.05, 4.69) is 4.90 Å². The van der Waals surface area contributed by atoms with Crippen molar-refractivity contribution in [2.75, 3.05) is 13.1 Å². The summed E-state index contributed by atoms with van der Waals surface area (Å²) >= 11 is 12.1. The van der Waals surface area contributed by atoms with E-state index in [0.717, 1.165) is 31.5 Å². The van der Waals surface area contributed by atoms with E-state index in [1.54, 1.807) is 6.07 Å². The van der Waals surface area contributed by atoms with Crippen LogP contribution in [0.15, 0.2) is 18.2 Å². The second-order valence-electron chi connectivity index (χ2n) is 5.27. The fourth-order valence-corrected chi connectivity index (χ4v) is 3.34. The van der Waals surface area contributed by atoms with Crippen molar-refractivity contribution in [1.29, 1.82) is 0 Å². The van der Waals surface area contributed by atoms with E-state index < -0.39 is 5.97 Å². The van der Waals surface area contributed by atoms with Crippen LogP contribution in [0.25, 0.3) is 0 Å². The summed E-state index contributed by atoms with van der Waals surface area (Å²) < 4.78 is 0. The van der Waals surface area contributed by atoms with Crippen molar-refractivity contribution < 1.29 is 9.90 Å². The molecule has 0 amide bonds. The molecule has 0 bridgehead atoms. The predicted molar refractivity (Wildman–Crippen MR) is 81.5 cm³/mol. The molecule has 0 aliphatic carbocycles. The van der Waals surface area contributed by atoms with Crippen LogP contribution in [0.2, 0.25) is 10.0 Å². The standard InChI is InChI=1S/C15H19Cl2NO2/c16-12-7-11(8-13(17)9-12)14(10-15(19)20)18-5-3-1-2-4-6-18/h7-9,14H,1-6,10H2,(H,19,20). The van der Waals surface area contributed by atoms with Gasteiger partial charge in [0.15, 0.2) is 0 Å². The lowest BCUT2D eigenvalue weighted by Crippen LogP contribution is -2.31. The molecule has 1 aliphatic rings. The lowest BCUT2D eigenvalue weighted by molar-refractivity contribution is -0.138. The Morgan fingerprint density at radius 3 is 2.15 bits per heavy atom. The molecule has 0 spiro atoms. The number of likely N-dealkylation sites (tertiary alicyclic amines) is 1. The van der Waals surface area contributed by atoms with Crippen LogP contribution in [0.4, 0.5) is 0 Å². The molecule has 1 fully saturated rings. The van der Waals surface area contributed by atoms with Gasteiger partial charge in [0.1, 0.15) is 0 Å². The molecule has 5 heteroatoms. The molecule has 20 heavy (non-hydrogen) atoms. The SMILES string of the molecule is O=C(O)CC(c1cc(Cl)cc(Cl)c1)N1CCCCCC1. The number of carbonyl (C=O) groups is 1. The van der Waals surface area contributed by atoms with Crippen LogP contribution >= 0.6 is 23.2 Å². The average molecular weight is 316 g/mol. The maximum atomic E-state index is 11.2. The zero-order chi connectivity index (χ0) is 14.5. The van der Waals surface area contributed by atoms with Gasteiger partial charge < -0.3 is 5.11 Å². The van der Waals surface area contributed by atoms with E-state index in [1.165, 1.54) is 12.8 Å². The summed E-state index contributed by atoms with van der Waals surface area (Å²) in [6.45, 7) is 1.87. The van der Waals surface area contributed by atoms with E-state index >= 15 is 0 Å². The van der Waals surface area contributed by atoms with Crippen LogP contribution < -0.4 is 0 Å². The fourth-order valence-electron chi connectivity index (χ4n) is 2.80. The Kier molecular flexibility index (Phi) is 5.70. The molecule has 0 saturated carbocycles. The van der Waals surface area contributed by atoms with Gasteiger partial charge in [-0.3, -0.25) is 9.69 Å². The summed E-state index contributed by atoms with van der Waals surface area (Å²) in [7, 11) is 0. The van der Waals surface area contributed by atoms with Crippen molar-refractivity contribution in [2.24, 2.45) is 0 Å². The summed E-state index contributed by atoms with van der Waals surface area (Å²) in [6, 6.07) is 5.17. The van der Waals surface area contributed by atoms with E-state index in [0.29, 0.717) is 10.0 Å². The molecule has 1 N–H and O–H groups in total. The number of nitrogens with zero attached hydrogens (tertiary/aromatic N) is 1. The van der Waals surface area contributed by atoms with E-state index in [-0.39, 0.29) is 12.5 Å². The lowest BCUT2D eigenvalue weighted by atomic mass is 10.0. The molecule has 1 aromatic carbocycles. The maximum Gasteiger partial charge on any atom is 0.305 e. The third-order valence-corrected chi connectivity index (χ3v) is 4.16. The van der Waals surface area contributed by atoms with Crippen LogP contribution in [0, 0.1) is 0 Å². The van der Waals surface area contributed by atoms with Crippen molar-refractivity contribution >= 4 is 29.2 Å². The molecule has 1 aromatic rings. The van der Waals surface area contributed by atoms with Gasteiger partial charge in [0, 0.05) is 16.1 Å². The van der Waals surface area contributed by atoms with Gasteiger partial charge in [0.2, 0.25) is 0 Å². The van der Waals surface area contributed by atoms with Crippen LogP contribution in [0.3, 0.4) is 0 Å². The monoisotopic (exact) mass is 315 g/mol. The van der Waals surface area contributed by atoms with Gasteiger partial charge in [0.05, 0.1) is 6.42 Å². The first-order valence-electron chi connectivity index (χ1n) is 6.98. The minimum absolute atomic E-state index is 0.0800. The Morgan fingerprint density at radius 2 is 1.65 bits per heavy atom. The van der Waals surface area contributed by atoms with Crippen LogP contribution in [-0.2, 0) is 4.79 Å². The lowest BCUT2D eigenvalue weighted by Gasteiger charge is -2.30. The molecular formula is C15H19Cl2NO2. The van der Waals surface area contributed by atoms with Gasteiger partial charge in [-0.05, 0) is 49.7 Å². The summed E-state index contributed by atoms with van der Waals surface area (Å²) in [6.07, 6.45) is 4.74. The smallest absolute Gasteiger partial charge is 0.305 e. The first-order chi connectivity index (χ1) is 9.56. The number of carboxylic acids is 1. The Bertz CT molecular complexity index is 451. The molecule has 1 unspecified atom stereocenters. The van der Waals surface area contributed by atoms with Crippen molar-refractivity contribution in [2.45, 2.75) is 38.1 Å². The fraction of sp³-hybridized carbons (Fsp3) is 0.533. The molecule has 1 heterocycles. The summed E-state index contributed by atoms with van der Waals surface area (Å²) in [5, 5.41) is 10.3. The summed E-state index contributed by atoms with van der Waals surface area (Å²) in [4.78, 5) is 13.4. The molecule has 0 aromatic heterocycles. The van der Waals surface area contributed by atoms with Crippen molar-refractivity contribution in [1.82, 2.24) is 4.90 Å². The largest absolute Gasteiger partial charge is 0.481 e. The van der Waals surface area contributed by atoms with Gasteiger partial charge in [-0.1, -0.05) is 36.0 Å². The number of hydrogen-bond donors (Lipinski definition) is 1. The molecule has 2 rings (SSSR count). The van der Waals surface area contributed by atoms with Gasteiger partial charge in [-0.25, -0.2) is 0 Å². The molecule has 0 radical (unpaired) electrons. The van der Waals surface area contributed by atoms with Crippen LogP contribution in [0.5, 0.6) is 0 Å². The highest BCUT2D eigenvalue weighted by molar-refractivity contribution is 6.34. The van der Waals surface area contributed by atoms with Crippen LogP contribution in [-0.4, -0.2) is 29.1 Å². The molecular weight excluding hydrogens is 297 g/mol. The third-order valence-electron chi connectivity index (χ3n) is 3.72. The highest BCUT2D eigenvalue weighted by atomic mass is 35.5. The number of aliphatic carboxylic acids is 1. The Hall–Kier alpha value is -0.770. The van der Waals surface area contributed by atoms with Gasteiger partial charge in [-0.2, -0.15) is 0 Å². The first-order valence-corrected chi connectivity index (χ1v) is 7.73. The minimum Gasteiger partial charge on any atom is -0.481 e. The van der Waals surface area contributed by atoms with E-state index in [9.17, 15) is 9.90 Å². The van der Waals surface area contributed by atoms with Gasteiger partial charge >= 0.3 is 5.97 Å². The molecule has 1 aliphatic heterocycles.